The lowest BCUT2D eigenvalue weighted by Gasteiger charge is -2.09. The number of hydrogen-bond donors (Lipinski definition) is 2. The van der Waals surface area contributed by atoms with Gasteiger partial charge in [0.2, 0.25) is 5.43 Å². The van der Waals surface area contributed by atoms with Crippen molar-refractivity contribution in [2.45, 2.75) is 13.0 Å². The highest BCUT2D eigenvalue weighted by molar-refractivity contribution is 5.95. The molecule has 0 aliphatic carbocycles. The molecule has 1 amide bonds. The van der Waals surface area contributed by atoms with E-state index < -0.39 is 23.3 Å². The van der Waals surface area contributed by atoms with Crippen molar-refractivity contribution < 1.29 is 14.3 Å². The third-order valence-corrected chi connectivity index (χ3v) is 2.79. The molecule has 106 valence electrons. The van der Waals surface area contributed by atoms with E-state index in [1.165, 1.54) is 23.7 Å². The van der Waals surface area contributed by atoms with Gasteiger partial charge in [-0.1, -0.05) is 0 Å². The molecule has 0 spiro atoms. The molecule has 0 aliphatic heterocycles. The minimum Gasteiger partial charge on any atom is -0.392 e. The molecule has 1 aromatic heterocycles. The topological polar surface area (TPSA) is 84.2 Å². The van der Waals surface area contributed by atoms with Crippen molar-refractivity contribution in [2.24, 2.45) is 7.05 Å². The van der Waals surface area contributed by atoms with Gasteiger partial charge >= 0.3 is 0 Å². The van der Waals surface area contributed by atoms with Gasteiger partial charge in [0.15, 0.2) is 5.69 Å². The maximum absolute atomic E-state index is 13.2. The van der Waals surface area contributed by atoms with Crippen LogP contribution in [0.1, 0.15) is 17.4 Å². The monoisotopic (exact) mass is 279 g/mol. The van der Waals surface area contributed by atoms with Crippen LogP contribution in [0.3, 0.4) is 0 Å². The van der Waals surface area contributed by atoms with Crippen LogP contribution in [0.25, 0.3) is 10.9 Å². The smallest absolute Gasteiger partial charge is 0.275 e. The fraction of sp³-hybridized carbons (Fsp3) is 0.308. The number of aromatic nitrogens is 2. The first-order chi connectivity index (χ1) is 9.40. The SMILES string of the molecule is CC(O)CNC(=O)c1nn(C)c2ccc(F)cc2c1=O. The summed E-state index contributed by atoms with van der Waals surface area (Å²) < 4.78 is 14.6. The Hall–Kier alpha value is -2.28. The standard InChI is InChI=1S/C13H14FN3O3/c1-7(18)6-15-13(20)11-12(19)9-5-8(14)3-4-10(9)17(2)16-11/h3-5,7,18H,6H2,1-2H3,(H,15,20). The van der Waals surface area contributed by atoms with Crippen molar-refractivity contribution in [1.29, 1.82) is 0 Å². The fourth-order valence-corrected chi connectivity index (χ4v) is 1.82. The molecule has 2 N–H and O–H groups in total. The summed E-state index contributed by atoms with van der Waals surface area (Å²) >= 11 is 0. The highest BCUT2D eigenvalue weighted by Gasteiger charge is 2.17. The lowest BCUT2D eigenvalue weighted by Crippen LogP contribution is -2.35. The number of nitrogens with zero attached hydrogens (tertiary/aromatic N) is 2. The van der Waals surface area contributed by atoms with E-state index in [4.69, 9.17) is 5.11 Å². The molecule has 0 saturated heterocycles. The lowest BCUT2D eigenvalue weighted by atomic mass is 10.2. The second-order valence-corrected chi connectivity index (χ2v) is 4.52. The van der Waals surface area contributed by atoms with Crippen molar-refractivity contribution in [3.63, 3.8) is 0 Å². The van der Waals surface area contributed by atoms with Crippen molar-refractivity contribution in [1.82, 2.24) is 15.1 Å². The van der Waals surface area contributed by atoms with E-state index in [1.807, 2.05) is 0 Å². The Balaban J connectivity index is 2.52. The summed E-state index contributed by atoms with van der Waals surface area (Å²) in [5, 5.41) is 15.5. The summed E-state index contributed by atoms with van der Waals surface area (Å²) in [6.45, 7) is 1.51. The maximum atomic E-state index is 13.2. The molecule has 20 heavy (non-hydrogen) atoms. The van der Waals surface area contributed by atoms with Crippen LogP contribution in [-0.4, -0.2) is 33.4 Å². The number of amides is 1. The summed E-state index contributed by atoms with van der Waals surface area (Å²) in [5.74, 6) is -1.26. The first-order valence-electron chi connectivity index (χ1n) is 6.03. The predicted octanol–water partition coefficient (Wildman–Crippen LogP) is 0.183. The van der Waals surface area contributed by atoms with Crippen LogP contribution < -0.4 is 10.7 Å². The lowest BCUT2D eigenvalue weighted by molar-refractivity contribution is 0.0916. The third-order valence-electron chi connectivity index (χ3n) is 2.79. The van der Waals surface area contributed by atoms with Crippen molar-refractivity contribution >= 4 is 16.8 Å². The maximum Gasteiger partial charge on any atom is 0.275 e. The summed E-state index contributed by atoms with van der Waals surface area (Å²) in [6.07, 6.45) is -0.735. The van der Waals surface area contributed by atoms with E-state index in [9.17, 15) is 14.0 Å². The minimum absolute atomic E-state index is 0.00482. The van der Waals surface area contributed by atoms with Gasteiger partial charge in [-0.3, -0.25) is 14.3 Å². The van der Waals surface area contributed by atoms with Gasteiger partial charge in [-0.15, -0.1) is 0 Å². The molecule has 0 saturated carbocycles. The van der Waals surface area contributed by atoms with E-state index >= 15 is 0 Å². The third kappa shape index (κ3) is 2.67. The number of fused-ring (bicyclic) bond motifs is 1. The zero-order chi connectivity index (χ0) is 14.9. The summed E-state index contributed by atoms with van der Waals surface area (Å²) in [6, 6.07) is 3.72. The molecule has 1 atom stereocenters. The molecule has 1 aromatic carbocycles. The second kappa shape index (κ2) is 5.38. The Bertz CT molecular complexity index is 725. The number of nitrogens with one attached hydrogen (secondary N) is 1. The number of carbonyl (C=O) groups excluding carboxylic acids is 1. The Morgan fingerprint density at radius 3 is 2.90 bits per heavy atom. The van der Waals surface area contributed by atoms with Crippen molar-refractivity contribution in [3.05, 3.63) is 39.9 Å². The molecule has 2 rings (SSSR count). The number of aliphatic hydroxyl groups is 1. The Morgan fingerprint density at radius 2 is 2.25 bits per heavy atom. The molecule has 0 bridgehead atoms. The van der Waals surface area contributed by atoms with E-state index in [1.54, 1.807) is 7.05 Å². The highest BCUT2D eigenvalue weighted by Crippen LogP contribution is 2.10. The van der Waals surface area contributed by atoms with E-state index in [0.29, 0.717) is 5.52 Å². The predicted molar refractivity (Wildman–Crippen MR) is 71.0 cm³/mol. The molecular weight excluding hydrogens is 265 g/mol. The van der Waals surface area contributed by atoms with Gasteiger partial charge in [0.25, 0.3) is 5.91 Å². The quantitative estimate of drug-likeness (QED) is 0.839. The van der Waals surface area contributed by atoms with Crippen molar-refractivity contribution in [3.8, 4) is 0 Å². The van der Waals surface area contributed by atoms with Gasteiger partial charge in [-0.25, -0.2) is 4.39 Å². The molecule has 0 fully saturated rings. The highest BCUT2D eigenvalue weighted by atomic mass is 19.1. The van der Waals surface area contributed by atoms with Crippen LogP contribution in [-0.2, 0) is 7.05 Å². The van der Waals surface area contributed by atoms with Crippen molar-refractivity contribution in [2.75, 3.05) is 6.54 Å². The average Bonchev–Trinajstić information content (AvgIpc) is 2.40. The number of aliphatic hydroxyl groups excluding tert-OH is 1. The van der Waals surface area contributed by atoms with Gasteiger partial charge < -0.3 is 10.4 Å². The molecule has 0 radical (unpaired) electrons. The number of aryl methyl sites for hydroxylation is 1. The van der Waals surface area contributed by atoms with Crippen LogP contribution in [0.4, 0.5) is 4.39 Å². The number of halogens is 1. The number of benzene rings is 1. The molecular formula is C13H14FN3O3. The summed E-state index contributed by atoms with van der Waals surface area (Å²) in [7, 11) is 1.56. The van der Waals surface area contributed by atoms with E-state index in [2.05, 4.69) is 10.4 Å². The van der Waals surface area contributed by atoms with Gasteiger partial charge in [-0.2, -0.15) is 5.10 Å². The first kappa shape index (κ1) is 14.1. The van der Waals surface area contributed by atoms with Gasteiger partial charge in [0.1, 0.15) is 5.82 Å². The fourth-order valence-electron chi connectivity index (χ4n) is 1.82. The molecule has 6 nitrogen and oxygen atoms in total. The average molecular weight is 279 g/mol. The zero-order valence-corrected chi connectivity index (χ0v) is 11.1. The number of carbonyl (C=O) groups is 1. The second-order valence-electron chi connectivity index (χ2n) is 4.52. The Morgan fingerprint density at radius 1 is 1.55 bits per heavy atom. The first-order valence-corrected chi connectivity index (χ1v) is 6.03. The van der Waals surface area contributed by atoms with Crippen LogP contribution in [0.5, 0.6) is 0 Å². The van der Waals surface area contributed by atoms with Crippen LogP contribution >= 0.6 is 0 Å². The molecule has 0 aliphatic rings. The van der Waals surface area contributed by atoms with Crippen LogP contribution in [0.15, 0.2) is 23.0 Å². The number of hydrogen-bond acceptors (Lipinski definition) is 4. The minimum atomic E-state index is -0.735. The van der Waals surface area contributed by atoms with E-state index in [-0.39, 0.29) is 17.6 Å². The molecule has 7 heteroatoms. The number of rotatable bonds is 3. The van der Waals surface area contributed by atoms with Gasteiger partial charge in [0.05, 0.1) is 17.0 Å². The molecule has 2 aromatic rings. The Kier molecular flexibility index (Phi) is 3.80. The summed E-state index contributed by atoms with van der Waals surface area (Å²) in [5.41, 5.74) is -0.532. The van der Waals surface area contributed by atoms with Crippen LogP contribution in [0.2, 0.25) is 0 Å². The molecule has 1 heterocycles. The normalized spacial score (nSPS) is 12.4. The summed E-state index contributed by atoms with van der Waals surface area (Å²) in [4.78, 5) is 24.0. The van der Waals surface area contributed by atoms with Crippen LogP contribution in [0, 0.1) is 5.82 Å². The Labute approximate surface area is 113 Å². The molecule has 1 unspecified atom stereocenters. The van der Waals surface area contributed by atoms with Gasteiger partial charge in [0, 0.05) is 13.6 Å². The van der Waals surface area contributed by atoms with Gasteiger partial charge in [-0.05, 0) is 25.1 Å². The van der Waals surface area contributed by atoms with E-state index in [0.717, 1.165) is 6.07 Å². The zero-order valence-electron chi connectivity index (χ0n) is 11.1. The largest absolute Gasteiger partial charge is 0.392 e.